The van der Waals surface area contributed by atoms with Crippen LogP contribution in [-0.2, 0) is 9.53 Å². The van der Waals surface area contributed by atoms with Gasteiger partial charge in [0.1, 0.15) is 0 Å². The molecule has 2 aliphatic rings. The van der Waals surface area contributed by atoms with Gasteiger partial charge in [-0.25, -0.2) is 0 Å². The standard InChI is InChI=1S/C13H23NO3/c1-17-13(16)11-9-14(8-7-12(11)15)10-5-3-2-4-6-10/h10-12,15H,2-9H2,1H3/t11-,12-/m0/s1. The molecule has 2 fully saturated rings. The maximum absolute atomic E-state index is 11.6. The highest BCUT2D eigenvalue weighted by Gasteiger charge is 2.36. The van der Waals surface area contributed by atoms with E-state index in [4.69, 9.17) is 4.74 Å². The molecule has 2 atom stereocenters. The number of aliphatic hydroxyl groups is 1. The molecule has 98 valence electrons. The quantitative estimate of drug-likeness (QED) is 0.737. The Hall–Kier alpha value is -0.610. The Morgan fingerprint density at radius 2 is 1.94 bits per heavy atom. The second-order valence-electron chi connectivity index (χ2n) is 5.27. The molecule has 0 bridgehead atoms. The lowest BCUT2D eigenvalue weighted by Gasteiger charge is -2.41. The Morgan fingerprint density at radius 3 is 2.59 bits per heavy atom. The molecule has 1 aliphatic carbocycles. The van der Waals surface area contributed by atoms with Gasteiger partial charge in [-0.1, -0.05) is 19.3 Å². The molecule has 0 aromatic rings. The maximum atomic E-state index is 11.6. The van der Waals surface area contributed by atoms with Gasteiger partial charge in [0.05, 0.1) is 19.1 Å². The van der Waals surface area contributed by atoms with Gasteiger partial charge in [-0.15, -0.1) is 0 Å². The summed E-state index contributed by atoms with van der Waals surface area (Å²) in [7, 11) is 1.40. The smallest absolute Gasteiger partial charge is 0.312 e. The number of hydrogen-bond acceptors (Lipinski definition) is 4. The number of methoxy groups -OCH3 is 1. The highest BCUT2D eigenvalue weighted by molar-refractivity contribution is 5.73. The van der Waals surface area contributed by atoms with E-state index in [1.165, 1.54) is 39.2 Å². The molecule has 0 unspecified atom stereocenters. The fraction of sp³-hybridized carbons (Fsp3) is 0.923. The van der Waals surface area contributed by atoms with Crippen LogP contribution in [0.15, 0.2) is 0 Å². The van der Waals surface area contributed by atoms with Gasteiger partial charge in [-0.2, -0.15) is 0 Å². The van der Waals surface area contributed by atoms with Crippen LogP contribution in [0, 0.1) is 5.92 Å². The first-order chi connectivity index (χ1) is 8.22. The molecule has 0 radical (unpaired) electrons. The highest BCUT2D eigenvalue weighted by atomic mass is 16.5. The van der Waals surface area contributed by atoms with Crippen molar-refractivity contribution in [1.29, 1.82) is 0 Å². The van der Waals surface area contributed by atoms with Crippen LogP contribution in [0.5, 0.6) is 0 Å². The van der Waals surface area contributed by atoms with Crippen molar-refractivity contribution >= 4 is 5.97 Å². The summed E-state index contributed by atoms with van der Waals surface area (Å²) in [5.74, 6) is -0.617. The van der Waals surface area contributed by atoms with Crippen molar-refractivity contribution in [2.45, 2.75) is 50.7 Å². The second-order valence-corrected chi connectivity index (χ2v) is 5.27. The molecule has 0 spiro atoms. The van der Waals surface area contributed by atoms with E-state index in [1.54, 1.807) is 0 Å². The van der Waals surface area contributed by atoms with Gasteiger partial charge < -0.3 is 9.84 Å². The van der Waals surface area contributed by atoms with Crippen LogP contribution in [0.2, 0.25) is 0 Å². The van der Waals surface area contributed by atoms with Gasteiger partial charge in [-0.05, 0) is 19.3 Å². The minimum atomic E-state index is -0.526. The zero-order valence-corrected chi connectivity index (χ0v) is 10.6. The Kier molecular flexibility index (Phi) is 4.40. The molecule has 1 aliphatic heterocycles. The first-order valence-electron chi connectivity index (χ1n) is 6.72. The van der Waals surface area contributed by atoms with E-state index in [0.717, 1.165) is 6.54 Å². The van der Waals surface area contributed by atoms with E-state index < -0.39 is 6.10 Å². The average Bonchev–Trinajstić information content (AvgIpc) is 2.39. The Morgan fingerprint density at radius 1 is 1.24 bits per heavy atom. The fourth-order valence-corrected chi connectivity index (χ4v) is 3.13. The van der Waals surface area contributed by atoms with E-state index in [1.807, 2.05) is 0 Å². The lowest BCUT2D eigenvalue weighted by molar-refractivity contribution is -0.153. The zero-order chi connectivity index (χ0) is 12.3. The van der Waals surface area contributed by atoms with Gasteiger partial charge in [0.15, 0.2) is 0 Å². The number of esters is 1. The van der Waals surface area contributed by atoms with Crippen molar-refractivity contribution in [3.8, 4) is 0 Å². The van der Waals surface area contributed by atoms with E-state index in [2.05, 4.69) is 4.90 Å². The average molecular weight is 241 g/mol. The SMILES string of the molecule is COC(=O)[C@H]1CN(C2CCCCC2)CC[C@@H]1O. The van der Waals surface area contributed by atoms with E-state index >= 15 is 0 Å². The first kappa shape index (κ1) is 12.8. The molecule has 4 heteroatoms. The third-order valence-corrected chi connectivity index (χ3v) is 4.20. The fourth-order valence-electron chi connectivity index (χ4n) is 3.13. The van der Waals surface area contributed by atoms with Crippen molar-refractivity contribution in [2.75, 3.05) is 20.2 Å². The van der Waals surface area contributed by atoms with Crippen molar-refractivity contribution < 1.29 is 14.6 Å². The molecule has 17 heavy (non-hydrogen) atoms. The highest BCUT2D eigenvalue weighted by Crippen LogP contribution is 2.27. The number of nitrogens with zero attached hydrogens (tertiary/aromatic N) is 1. The number of aliphatic hydroxyl groups excluding tert-OH is 1. The summed E-state index contributed by atoms with van der Waals surface area (Å²) in [6.45, 7) is 1.58. The molecule has 0 aromatic carbocycles. The van der Waals surface area contributed by atoms with Gasteiger partial charge >= 0.3 is 5.97 Å². The summed E-state index contributed by atoms with van der Waals surface area (Å²) in [5.41, 5.74) is 0. The Bertz CT molecular complexity index is 263. The summed E-state index contributed by atoms with van der Waals surface area (Å²) < 4.78 is 4.77. The minimum absolute atomic E-state index is 0.266. The third-order valence-electron chi connectivity index (χ3n) is 4.20. The largest absolute Gasteiger partial charge is 0.469 e. The van der Waals surface area contributed by atoms with Crippen molar-refractivity contribution in [1.82, 2.24) is 4.90 Å². The number of carbonyl (C=O) groups is 1. The van der Waals surface area contributed by atoms with Gasteiger partial charge in [0.25, 0.3) is 0 Å². The monoisotopic (exact) mass is 241 g/mol. The summed E-state index contributed by atoms with van der Waals surface area (Å²) in [4.78, 5) is 14.0. The number of hydrogen-bond donors (Lipinski definition) is 1. The first-order valence-corrected chi connectivity index (χ1v) is 6.72. The molecular weight excluding hydrogens is 218 g/mol. The number of carbonyl (C=O) groups excluding carboxylic acids is 1. The van der Waals surface area contributed by atoms with Gasteiger partial charge in [0.2, 0.25) is 0 Å². The molecule has 0 amide bonds. The summed E-state index contributed by atoms with van der Waals surface area (Å²) >= 11 is 0. The zero-order valence-electron chi connectivity index (χ0n) is 10.6. The maximum Gasteiger partial charge on any atom is 0.312 e. The number of likely N-dealkylation sites (tertiary alicyclic amines) is 1. The lowest BCUT2D eigenvalue weighted by atomic mass is 9.89. The normalized spacial score (nSPS) is 32.4. The molecule has 0 aromatic heterocycles. The van der Waals surface area contributed by atoms with Crippen LogP contribution < -0.4 is 0 Å². The van der Waals surface area contributed by atoms with Crippen molar-refractivity contribution in [3.05, 3.63) is 0 Å². The second kappa shape index (κ2) is 5.83. The Labute approximate surface area is 103 Å². The predicted octanol–water partition coefficient (Wildman–Crippen LogP) is 1.17. The topological polar surface area (TPSA) is 49.8 Å². The van der Waals surface area contributed by atoms with Gasteiger partial charge in [0, 0.05) is 19.1 Å². The number of piperidine rings is 1. The van der Waals surface area contributed by atoms with Crippen LogP contribution in [0.4, 0.5) is 0 Å². The molecule has 1 N–H and O–H groups in total. The number of rotatable bonds is 2. The molecule has 1 saturated carbocycles. The lowest BCUT2D eigenvalue weighted by Crippen LogP contribution is -2.51. The van der Waals surface area contributed by atoms with Crippen LogP contribution in [-0.4, -0.2) is 48.3 Å². The van der Waals surface area contributed by atoms with Crippen LogP contribution in [0.3, 0.4) is 0 Å². The van der Waals surface area contributed by atoms with Gasteiger partial charge in [-0.3, -0.25) is 9.69 Å². The van der Waals surface area contributed by atoms with Crippen LogP contribution >= 0.6 is 0 Å². The van der Waals surface area contributed by atoms with E-state index in [0.29, 0.717) is 19.0 Å². The van der Waals surface area contributed by atoms with E-state index in [-0.39, 0.29) is 11.9 Å². The molecule has 4 nitrogen and oxygen atoms in total. The molecule has 1 saturated heterocycles. The summed E-state index contributed by atoms with van der Waals surface area (Å²) in [5, 5.41) is 9.86. The minimum Gasteiger partial charge on any atom is -0.469 e. The van der Waals surface area contributed by atoms with Crippen molar-refractivity contribution in [3.63, 3.8) is 0 Å². The van der Waals surface area contributed by atoms with E-state index in [9.17, 15) is 9.90 Å². The molecular formula is C13H23NO3. The summed E-state index contributed by atoms with van der Waals surface area (Å²) in [6, 6.07) is 0.614. The van der Waals surface area contributed by atoms with Crippen molar-refractivity contribution in [2.24, 2.45) is 5.92 Å². The summed E-state index contributed by atoms with van der Waals surface area (Å²) in [6.07, 6.45) is 6.58. The molecule has 1 heterocycles. The number of ether oxygens (including phenoxy) is 1. The third kappa shape index (κ3) is 2.99. The Balaban J connectivity index is 1.94. The van der Waals surface area contributed by atoms with Crippen LogP contribution in [0.1, 0.15) is 38.5 Å². The predicted molar refractivity (Wildman–Crippen MR) is 64.6 cm³/mol. The molecule has 2 rings (SSSR count). The van der Waals surface area contributed by atoms with Crippen LogP contribution in [0.25, 0.3) is 0 Å².